The zero-order valence-corrected chi connectivity index (χ0v) is 10.6. The molecule has 3 N–H and O–H groups in total. The van der Waals surface area contributed by atoms with Crippen LogP contribution >= 0.6 is 0 Å². The molecule has 18 heavy (non-hydrogen) atoms. The molecule has 2 rings (SSSR count). The molecule has 5 heteroatoms. The Balaban J connectivity index is 2.18. The van der Waals surface area contributed by atoms with E-state index in [1.807, 2.05) is 0 Å². The third-order valence-electron chi connectivity index (χ3n) is 3.62. The van der Waals surface area contributed by atoms with Crippen LogP contribution in [0.15, 0.2) is 12.1 Å². The number of carboxylic acids is 1. The topological polar surface area (TPSA) is 79.5 Å². The third-order valence-corrected chi connectivity index (χ3v) is 3.62. The predicted molar refractivity (Wildman–Crippen MR) is 70.8 cm³/mol. The quantitative estimate of drug-likeness (QED) is 0.856. The molecular formula is C13H19N3O2. The lowest BCUT2D eigenvalue weighted by Gasteiger charge is -2.33. The highest BCUT2D eigenvalue weighted by Gasteiger charge is 2.21. The molecule has 5 nitrogen and oxygen atoms in total. The van der Waals surface area contributed by atoms with Gasteiger partial charge in [-0.2, -0.15) is 0 Å². The van der Waals surface area contributed by atoms with Gasteiger partial charge < -0.3 is 15.7 Å². The summed E-state index contributed by atoms with van der Waals surface area (Å²) < 4.78 is 0. The summed E-state index contributed by atoms with van der Waals surface area (Å²) in [6, 6.07) is 3.07. The number of rotatable bonds is 3. The lowest BCUT2D eigenvalue weighted by molar-refractivity contribution is 0.0690. The lowest BCUT2D eigenvalue weighted by Crippen LogP contribution is -2.34. The number of nitrogens with two attached hydrogens (primary N) is 1. The molecule has 0 atom stereocenters. The molecule has 0 aromatic carbocycles. The predicted octanol–water partition coefficient (Wildman–Crippen LogP) is 1.99. The van der Waals surface area contributed by atoms with E-state index in [4.69, 9.17) is 10.8 Å². The van der Waals surface area contributed by atoms with Crippen molar-refractivity contribution in [3.8, 4) is 0 Å². The lowest BCUT2D eigenvalue weighted by atomic mass is 9.94. The molecule has 98 valence electrons. The Kier molecular flexibility index (Phi) is 3.69. The summed E-state index contributed by atoms with van der Waals surface area (Å²) in [5.41, 5.74) is 6.49. The highest BCUT2D eigenvalue weighted by molar-refractivity contribution is 5.87. The van der Waals surface area contributed by atoms with Crippen molar-refractivity contribution < 1.29 is 9.90 Å². The molecule has 0 bridgehead atoms. The van der Waals surface area contributed by atoms with Crippen molar-refractivity contribution in [3.63, 3.8) is 0 Å². The van der Waals surface area contributed by atoms with Gasteiger partial charge in [-0.3, -0.25) is 0 Å². The minimum absolute atomic E-state index is 0.0526. The Morgan fingerprint density at radius 2 is 2.17 bits per heavy atom. The highest BCUT2D eigenvalue weighted by atomic mass is 16.4. The number of nitrogen functional groups attached to an aromatic ring is 1. The Bertz CT molecular complexity index is 440. The van der Waals surface area contributed by atoms with Gasteiger partial charge in [0.25, 0.3) is 0 Å². The van der Waals surface area contributed by atoms with E-state index < -0.39 is 5.97 Å². The van der Waals surface area contributed by atoms with Gasteiger partial charge in [-0.1, -0.05) is 13.3 Å². The summed E-state index contributed by atoms with van der Waals surface area (Å²) in [6.45, 7) is 4.01. The SMILES string of the molecule is CCC1CCN(c2nc(C(=O)O)ccc2N)CC1. The van der Waals surface area contributed by atoms with E-state index in [1.54, 1.807) is 6.07 Å². The first-order valence-corrected chi connectivity index (χ1v) is 6.36. The maximum Gasteiger partial charge on any atom is 0.354 e. The molecule has 1 aliphatic rings. The third kappa shape index (κ3) is 2.55. The van der Waals surface area contributed by atoms with E-state index in [0.29, 0.717) is 11.5 Å². The summed E-state index contributed by atoms with van der Waals surface area (Å²) >= 11 is 0. The number of aromatic nitrogens is 1. The number of hydrogen-bond acceptors (Lipinski definition) is 4. The average Bonchev–Trinajstić information content (AvgIpc) is 2.39. The van der Waals surface area contributed by atoms with Crippen molar-refractivity contribution in [2.45, 2.75) is 26.2 Å². The number of pyridine rings is 1. The molecule has 1 aromatic heterocycles. The van der Waals surface area contributed by atoms with Gasteiger partial charge in [0.2, 0.25) is 0 Å². The summed E-state index contributed by atoms with van der Waals surface area (Å²) in [5, 5.41) is 8.96. The van der Waals surface area contributed by atoms with E-state index in [0.717, 1.165) is 31.8 Å². The number of carbonyl (C=O) groups is 1. The first kappa shape index (κ1) is 12.7. The van der Waals surface area contributed by atoms with Crippen molar-refractivity contribution in [1.29, 1.82) is 0 Å². The molecule has 0 spiro atoms. The Hall–Kier alpha value is -1.78. The molecule has 0 aliphatic carbocycles. The number of nitrogens with zero attached hydrogens (tertiary/aromatic N) is 2. The van der Waals surface area contributed by atoms with E-state index in [1.165, 1.54) is 12.5 Å². The Labute approximate surface area is 107 Å². The molecule has 1 aliphatic heterocycles. The van der Waals surface area contributed by atoms with Gasteiger partial charge in [-0.05, 0) is 30.9 Å². The summed E-state index contributed by atoms with van der Waals surface area (Å²) in [6.07, 6.45) is 3.44. The summed E-state index contributed by atoms with van der Waals surface area (Å²) in [4.78, 5) is 17.2. The second-order valence-corrected chi connectivity index (χ2v) is 4.75. The first-order chi connectivity index (χ1) is 8.61. The minimum Gasteiger partial charge on any atom is -0.477 e. The molecular weight excluding hydrogens is 230 g/mol. The zero-order chi connectivity index (χ0) is 13.1. The smallest absolute Gasteiger partial charge is 0.354 e. The molecule has 2 heterocycles. The normalized spacial score (nSPS) is 16.8. The number of hydrogen-bond donors (Lipinski definition) is 2. The summed E-state index contributed by atoms with van der Waals surface area (Å²) in [5.74, 6) is 0.370. The van der Waals surface area contributed by atoms with Gasteiger partial charge in [0, 0.05) is 13.1 Å². The van der Waals surface area contributed by atoms with Gasteiger partial charge in [0.15, 0.2) is 11.5 Å². The Morgan fingerprint density at radius 1 is 1.50 bits per heavy atom. The zero-order valence-electron chi connectivity index (χ0n) is 10.6. The van der Waals surface area contributed by atoms with Crippen LogP contribution in [0.25, 0.3) is 0 Å². The van der Waals surface area contributed by atoms with Crippen molar-refractivity contribution in [1.82, 2.24) is 4.98 Å². The van der Waals surface area contributed by atoms with Crippen LogP contribution < -0.4 is 10.6 Å². The van der Waals surface area contributed by atoms with Gasteiger partial charge in [-0.15, -0.1) is 0 Å². The highest BCUT2D eigenvalue weighted by Crippen LogP contribution is 2.27. The Morgan fingerprint density at radius 3 is 2.72 bits per heavy atom. The van der Waals surface area contributed by atoms with Gasteiger partial charge in [0.1, 0.15) is 0 Å². The van der Waals surface area contributed by atoms with E-state index in [9.17, 15) is 4.79 Å². The molecule has 1 aromatic rings. The van der Waals surface area contributed by atoms with Crippen LogP contribution in [0.4, 0.5) is 11.5 Å². The van der Waals surface area contributed by atoms with Crippen molar-refractivity contribution in [2.24, 2.45) is 5.92 Å². The number of anilines is 2. The van der Waals surface area contributed by atoms with Gasteiger partial charge >= 0.3 is 5.97 Å². The second kappa shape index (κ2) is 5.25. The minimum atomic E-state index is -1.01. The number of carboxylic acid groups (broad SMARTS) is 1. The maximum absolute atomic E-state index is 10.9. The fraction of sp³-hybridized carbons (Fsp3) is 0.538. The average molecular weight is 249 g/mol. The maximum atomic E-state index is 10.9. The van der Waals surface area contributed by atoms with Crippen LogP contribution in [0.5, 0.6) is 0 Å². The van der Waals surface area contributed by atoms with Crippen molar-refractivity contribution in [2.75, 3.05) is 23.7 Å². The standard InChI is InChI=1S/C13H19N3O2/c1-2-9-5-7-16(8-6-9)12-10(14)3-4-11(15-12)13(17)18/h3-4,9H,2,5-8,14H2,1H3,(H,17,18). The van der Waals surface area contributed by atoms with Crippen molar-refractivity contribution >= 4 is 17.5 Å². The largest absolute Gasteiger partial charge is 0.477 e. The molecule has 0 unspecified atom stereocenters. The van der Waals surface area contributed by atoms with Crippen LogP contribution in [0.1, 0.15) is 36.7 Å². The van der Waals surface area contributed by atoms with Gasteiger partial charge in [0.05, 0.1) is 5.69 Å². The van der Waals surface area contributed by atoms with Crippen LogP contribution in [0.3, 0.4) is 0 Å². The van der Waals surface area contributed by atoms with E-state index >= 15 is 0 Å². The van der Waals surface area contributed by atoms with E-state index in [2.05, 4.69) is 16.8 Å². The monoisotopic (exact) mass is 249 g/mol. The molecule has 1 saturated heterocycles. The van der Waals surface area contributed by atoms with Crippen molar-refractivity contribution in [3.05, 3.63) is 17.8 Å². The van der Waals surface area contributed by atoms with Crippen LogP contribution in [0, 0.1) is 5.92 Å². The molecule has 0 saturated carbocycles. The molecule has 1 fully saturated rings. The number of piperidine rings is 1. The first-order valence-electron chi connectivity index (χ1n) is 6.36. The van der Waals surface area contributed by atoms with E-state index in [-0.39, 0.29) is 5.69 Å². The van der Waals surface area contributed by atoms with Crippen LogP contribution in [-0.4, -0.2) is 29.1 Å². The second-order valence-electron chi connectivity index (χ2n) is 4.75. The van der Waals surface area contributed by atoms with Gasteiger partial charge in [-0.25, -0.2) is 9.78 Å². The fourth-order valence-corrected chi connectivity index (χ4v) is 2.38. The molecule has 0 amide bonds. The van der Waals surface area contributed by atoms with Crippen LogP contribution in [0.2, 0.25) is 0 Å². The summed E-state index contributed by atoms with van der Waals surface area (Å²) in [7, 11) is 0. The van der Waals surface area contributed by atoms with Crippen LogP contribution in [-0.2, 0) is 0 Å². The molecule has 0 radical (unpaired) electrons. The fourth-order valence-electron chi connectivity index (χ4n) is 2.38. The number of aromatic carboxylic acids is 1.